The van der Waals surface area contributed by atoms with Crippen molar-refractivity contribution in [3.63, 3.8) is 0 Å². The molecule has 0 fully saturated rings. The lowest BCUT2D eigenvalue weighted by Crippen LogP contribution is -2.14. The normalized spacial score (nSPS) is 17.8. The van der Waals surface area contributed by atoms with Gasteiger partial charge in [0.2, 0.25) is 5.56 Å². The molecule has 0 aliphatic heterocycles. The average Bonchev–Trinajstić information content (AvgIpc) is 2.98. The van der Waals surface area contributed by atoms with Crippen LogP contribution in [0.25, 0.3) is 11.0 Å². The summed E-state index contributed by atoms with van der Waals surface area (Å²) in [6, 6.07) is 7.34. The van der Waals surface area contributed by atoms with E-state index in [-0.39, 0.29) is 11.5 Å². The molecule has 1 aliphatic rings. The fourth-order valence-electron chi connectivity index (χ4n) is 3.88. The van der Waals surface area contributed by atoms with Crippen molar-refractivity contribution in [1.29, 1.82) is 0 Å². The first-order valence-electron chi connectivity index (χ1n) is 10.4. The van der Waals surface area contributed by atoms with Gasteiger partial charge in [-0.25, -0.2) is 4.98 Å². The third kappa shape index (κ3) is 5.08. The molecule has 0 saturated heterocycles. The van der Waals surface area contributed by atoms with Crippen LogP contribution in [0, 0.1) is 11.8 Å². The van der Waals surface area contributed by atoms with E-state index in [1.165, 1.54) is 11.6 Å². The zero-order valence-corrected chi connectivity index (χ0v) is 17.1. The maximum Gasteiger partial charge on any atom is 0.249 e. The third-order valence-electron chi connectivity index (χ3n) is 5.40. The molecule has 2 atom stereocenters. The minimum Gasteiger partial charge on any atom is -0.307 e. The molecule has 3 rings (SSSR count). The molecule has 0 bridgehead atoms. The Balaban J connectivity index is 1.83. The number of fused-ring (bicyclic) bond motifs is 1. The summed E-state index contributed by atoms with van der Waals surface area (Å²) in [6.45, 7) is 4.32. The van der Waals surface area contributed by atoms with E-state index in [9.17, 15) is 9.59 Å². The van der Waals surface area contributed by atoms with Gasteiger partial charge in [0.15, 0.2) is 0 Å². The molecule has 2 aromatic rings. The second-order valence-electron chi connectivity index (χ2n) is 7.33. The molecule has 0 aromatic carbocycles. The van der Waals surface area contributed by atoms with E-state index in [1.54, 1.807) is 6.07 Å². The lowest BCUT2D eigenvalue weighted by Gasteiger charge is -2.24. The van der Waals surface area contributed by atoms with Gasteiger partial charge in [-0.1, -0.05) is 50.3 Å². The number of pyridine rings is 2. The van der Waals surface area contributed by atoms with Crippen LogP contribution in [0.5, 0.6) is 0 Å². The fourth-order valence-corrected chi connectivity index (χ4v) is 3.88. The Kier molecular flexibility index (Phi) is 7.12. The first-order valence-corrected chi connectivity index (χ1v) is 10.4. The van der Waals surface area contributed by atoms with Gasteiger partial charge in [0.1, 0.15) is 11.9 Å². The van der Waals surface area contributed by atoms with Crippen molar-refractivity contribution in [1.82, 2.24) is 9.97 Å². The summed E-state index contributed by atoms with van der Waals surface area (Å²) >= 11 is 0. The van der Waals surface area contributed by atoms with Gasteiger partial charge in [-0.3, -0.25) is 4.79 Å². The number of carbonyl (C=O) groups is 1. The number of allylic oxidation sites excluding steroid dienone is 8. The van der Waals surface area contributed by atoms with Gasteiger partial charge in [-0.2, -0.15) is 0 Å². The highest BCUT2D eigenvalue weighted by Gasteiger charge is 2.21. The number of hydrogen-bond acceptors (Lipinski definition) is 3. The molecule has 1 N–H and O–H groups in total. The Morgan fingerprint density at radius 3 is 2.76 bits per heavy atom. The van der Waals surface area contributed by atoms with E-state index >= 15 is 0 Å². The lowest BCUT2D eigenvalue weighted by molar-refractivity contribution is -0.109. The zero-order chi connectivity index (χ0) is 20.6. The Morgan fingerprint density at radius 2 is 2.00 bits per heavy atom. The van der Waals surface area contributed by atoms with Crippen molar-refractivity contribution in [2.75, 3.05) is 0 Å². The van der Waals surface area contributed by atoms with E-state index in [2.05, 4.69) is 36.0 Å². The summed E-state index contributed by atoms with van der Waals surface area (Å²) in [6.07, 6.45) is 16.9. The van der Waals surface area contributed by atoms with E-state index in [0.29, 0.717) is 11.6 Å². The van der Waals surface area contributed by atoms with Crippen LogP contribution in [0.1, 0.15) is 38.8 Å². The number of carbonyl (C=O) groups excluding carboxylic acids is 1. The van der Waals surface area contributed by atoms with E-state index in [4.69, 9.17) is 0 Å². The molecular weight excluding hydrogens is 360 g/mol. The SMILES string of the molecule is CC/C=C(\C1=CC=CC=CC1C=O)C(CC)CCc1ccc2ccc(=O)[nH]c2n1. The summed E-state index contributed by atoms with van der Waals surface area (Å²) < 4.78 is 0. The van der Waals surface area contributed by atoms with Gasteiger partial charge in [0, 0.05) is 17.1 Å². The molecule has 4 heteroatoms. The molecule has 29 heavy (non-hydrogen) atoms. The maximum atomic E-state index is 11.7. The average molecular weight is 389 g/mol. The summed E-state index contributed by atoms with van der Waals surface area (Å²) in [5.41, 5.74) is 3.82. The quantitative estimate of drug-likeness (QED) is 0.641. The van der Waals surface area contributed by atoms with E-state index < -0.39 is 0 Å². The standard InChI is InChI=1S/C25H28N2O2/c1-3-8-22(23-10-7-5-6-9-20(23)17-28)18(4-2)11-14-21-15-12-19-13-16-24(29)27-25(19)26-21/h5-10,12-13,15-18,20H,3-4,11,14H2,1-2H3,(H,26,27,29)/b22-8-. The monoisotopic (exact) mass is 388 g/mol. The van der Waals surface area contributed by atoms with E-state index in [0.717, 1.165) is 48.6 Å². The number of aromatic nitrogens is 2. The Morgan fingerprint density at radius 1 is 1.17 bits per heavy atom. The van der Waals surface area contributed by atoms with Crippen LogP contribution in [0.4, 0.5) is 0 Å². The molecule has 2 unspecified atom stereocenters. The number of nitrogens with zero attached hydrogens (tertiary/aromatic N) is 1. The van der Waals surface area contributed by atoms with E-state index in [1.807, 2.05) is 36.4 Å². The molecule has 2 aromatic heterocycles. The maximum absolute atomic E-state index is 11.7. The number of aromatic amines is 1. The van der Waals surface area contributed by atoms with Crippen molar-refractivity contribution in [2.24, 2.45) is 11.8 Å². The largest absolute Gasteiger partial charge is 0.307 e. The Hall–Kier alpha value is -3.01. The second-order valence-corrected chi connectivity index (χ2v) is 7.33. The van der Waals surface area contributed by atoms with Gasteiger partial charge in [0.25, 0.3) is 0 Å². The first-order chi connectivity index (χ1) is 14.2. The molecule has 0 amide bonds. The molecular formula is C25H28N2O2. The van der Waals surface area contributed by atoms with Crippen LogP contribution >= 0.6 is 0 Å². The predicted octanol–water partition coefficient (Wildman–Crippen LogP) is 5.09. The Bertz CT molecular complexity index is 1040. The van der Waals surface area contributed by atoms with Crippen molar-refractivity contribution in [3.8, 4) is 0 Å². The second kappa shape index (κ2) is 9.97. The van der Waals surface area contributed by atoms with Crippen molar-refractivity contribution in [2.45, 2.75) is 39.5 Å². The summed E-state index contributed by atoms with van der Waals surface area (Å²) in [5.74, 6) is 0.136. The van der Waals surface area contributed by atoms with Crippen molar-refractivity contribution < 1.29 is 4.79 Å². The molecule has 0 saturated carbocycles. The van der Waals surface area contributed by atoms with Gasteiger partial charge < -0.3 is 9.78 Å². The van der Waals surface area contributed by atoms with Crippen LogP contribution in [0.15, 0.2) is 76.7 Å². The number of rotatable bonds is 8. The van der Waals surface area contributed by atoms with Gasteiger partial charge >= 0.3 is 0 Å². The molecule has 150 valence electrons. The third-order valence-corrected chi connectivity index (χ3v) is 5.40. The van der Waals surface area contributed by atoms with Crippen LogP contribution in [0.3, 0.4) is 0 Å². The highest BCUT2D eigenvalue weighted by atomic mass is 16.1. The number of H-pyrrole nitrogens is 1. The first kappa shape index (κ1) is 20.7. The molecule has 2 heterocycles. The van der Waals surface area contributed by atoms with Crippen molar-refractivity contribution >= 4 is 17.3 Å². The van der Waals surface area contributed by atoms with Crippen LogP contribution in [-0.2, 0) is 11.2 Å². The highest BCUT2D eigenvalue weighted by Crippen LogP contribution is 2.33. The molecule has 1 aliphatic carbocycles. The predicted molar refractivity (Wildman–Crippen MR) is 119 cm³/mol. The van der Waals surface area contributed by atoms with Gasteiger partial charge in [-0.05, 0) is 60.9 Å². The molecule has 4 nitrogen and oxygen atoms in total. The molecule has 0 spiro atoms. The van der Waals surface area contributed by atoms with Crippen LogP contribution < -0.4 is 5.56 Å². The van der Waals surface area contributed by atoms with Crippen LogP contribution in [-0.4, -0.2) is 16.3 Å². The number of nitrogens with one attached hydrogen (secondary N) is 1. The number of aldehydes is 1. The zero-order valence-electron chi connectivity index (χ0n) is 17.1. The van der Waals surface area contributed by atoms with Gasteiger partial charge in [0.05, 0.1) is 5.92 Å². The minimum absolute atomic E-state index is 0.136. The number of hydrogen-bond donors (Lipinski definition) is 1. The number of aryl methyl sites for hydroxylation is 1. The smallest absolute Gasteiger partial charge is 0.249 e. The lowest BCUT2D eigenvalue weighted by atomic mass is 9.81. The highest BCUT2D eigenvalue weighted by molar-refractivity contribution is 5.74. The van der Waals surface area contributed by atoms with Gasteiger partial charge in [-0.15, -0.1) is 0 Å². The fraction of sp³-hybridized carbons (Fsp3) is 0.320. The van der Waals surface area contributed by atoms with Crippen molar-refractivity contribution in [3.05, 3.63) is 87.9 Å². The summed E-state index contributed by atoms with van der Waals surface area (Å²) in [7, 11) is 0. The topological polar surface area (TPSA) is 62.8 Å². The van der Waals surface area contributed by atoms with Crippen LogP contribution in [0.2, 0.25) is 0 Å². The Labute approximate surface area is 171 Å². The molecule has 0 radical (unpaired) electrons. The summed E-state index contributed by atoms with van der Waals surface area (Å²) in [5, 5.41) is 0.933. The summed E-state index contributed by atoms with van der Waals surface area (Å²) in [4.78, 5) is 30.7. The minimum atomic E-state index is -0.208.